The van der Waals surface area contributed by atoms with Crippen LogP contribution in [0.25, 0.3) is 0 Å². The van der Waals surface area contributed by atoms with Crippen LogP contribution >= 0.6 is 0 Å². The molecule has 0 fully saturated rings. The van der Waals surface area contributed by atoms with Gasteiger partial charge in [-0.3, -0.25) is 14.4 Å². The zero-order valence-corrected chi connectivity index (χ0v) is 50.3. The largest absolute Gasteiger partial charge is 0.462 e. The molecule has 0 aliphatic rings. The molecule has 6 heteroatoms. The normalized spacial score (nSPS) is 12.6. The minimum atomic E-state index is -0.786. The fourth-order valence-electron chi connectivity index (χ4n) is 9.23. The molecule has 438 valence electrons. The molecule has 0 aliphatic carbocycles. The van der Waals surface area contributed by atoms with Gasteiger partial charge in [0.05, 0.1) is 0 Å². The second-order valence-corrected chi connectivity index (χ2v) is 21.6. The van der Waals surface area contributed by atoms with Crippen LogP contribution in [-0.4, -0.2) is 37.2 Å². The van der Waals surface area contributed by atoms with E-state index in [0.717, 1.165) is 122 Å². The molecule has 0 aliphatic heterocycles. The Morgan fingerprint density at radius 1 is 0.276 bits per heavy atom. The molecule has 1 atom stereocenters. The van der Waals surface area contributed by atoms with Crippen LogP contribution < -0.4 is 0 Å². The third-order valence-electron chi connectivity index (χ3n) is 14.1. The van der Waals surface area contributed by atoms with E-state index in [9.17, 15) is 14.4 Å². The van der Waals surface area contributed by atoms with Gasteiger partial charge in [0.15, 0.2) is 6.10 Å². The van der Waals surface area contributed by atoms with E-state index in [1.165, 1.54) is 161 Å². The number of unbranched alkanes of at least 4 members (excludes halogenated alkanes) is 34. The van der Waals surface area contributed by atoms with Crippen LogP contribution in [-0.2, 0) is 28.6 Å². The highest BCUT2D eigenvalue weighted by Crippen LogP contribution is 2.17. The smallest absolute Gasteiger partial charge is 0.306 e. The second kappa shape index (κ2) is 64.1. The van der Waals surface area contributed by atoms with Crippen molar-refractivity contribution in [3.05, 3.63) is 85.1 Å². The van der Waals surface area contributed by atoms with E-state index in [2.05, 4.69) is 106 Å². The van der Waals surface area contributed by atoms with Gasteiger partial charge in [-0.25, -0.2) is 0 Å². The summed E-state index contributed by atoms with van der Waals surface area (Å²) < 4.78 is 16.9. The van der Waals surface area contributed by atoms with E-state index in [4.69, 9.17) is 14.2 Å². The Labute approximate surface area is 471 Å². The van der Waals surface area contributed by atoms with Crippen molar-refractivity contribution in [3.63, 3.8) is 0 Å². The highest BCUT2D eigenvalue weighted by molar-refractivity contribution is 5.71. The van der Waals surface area contributed by atoms with E-state index in [1.54, 1.807) is 0 Å². The summed E-state index contributed by atoms with van der Waals surface area (Å²) in [6.45, 7) is 6.47. The first kappa shape index (κ1) is 72.6. The number of carbonyl (C=O) groups is 3. The lowest BCUT2D eigenvalue weighted by Crippen LogP contribution is -2.30. The lowest BCUT2D eigenvalue weighted by atomic mass is 10.0. The average Bonchev–Trinajstić information content (AvgIpc) is 3.42. The number of esters is 3. The van der Waals surface area contributed by atoms with E-state index in [0.29, 0.717) is 19.3 Å². The molecule has 1 unspecified atom stereocenters. The van der Waals surface area contributed by atoms with Crippen LogP contribution in [0.15, 0.2) is 85.1 Å². The van der Waals surface area contributed by atoms with Crippen molar-refractivity contribution in [1.82, 2.24) is 0 Å². The maximum Gasteiger partial charge on any atom is 0.306 e. The van der Waals surface area contributed by atoms with Crippen LogP contribution in [0.3, 0.4) is 0 Å². The fraction of sp³-hybridized carbons (Fsp3) is 0.757. The standard InChI is InChI=1S/C70H122O6/c1-4-7-10-13-16-19-22-25-27-29-30-31-32-33-34-35-36-37-38-39-40-41-43-45-48-51-54-57-60-63-69(72)75-66-67(65-74-68(71)62-59-56-53-50-47-44-24-21-18-15-12-9-6-3)76-70(73)64-61-58-55-52-49-46-42-28-26-23-20-17-14-11-8-5-2/h7,10,12,15-16,19,21,24-25,27-28,30-31,42,67H,4-6,8-9,11,13-14,17-18,20,22-23,26,29,32-41,43-66H2,1-3H3/b10-7-,15-12-,19-16-,24-21-,27-25-,31-30-,42-28-. The summed E-state index contributed by atoms with van der Waals surface area (Å²) in [4.78, 5) is 38.3. The Kier molecular flexibility index (Phi) is 61.2. The van der Waals surface area contributed by atoms with Gasteiger partial charge in [-0.05, 0) is 109 Å². The van der Waals surface area contributed by atoms with Crippen molar-refractivity contribution in [2.24, 2.45) is 0 Å². The molecule has 76 heavy (non-hydrogen) atoms. The second-order valence-electron chi connectivity index (χ2n) is 21.6. The third-order valence-corrected chi connectivity index (χ3v) is 14.1. The molecule has 0 N–H and O–H groups in total. The summed E-state index contributed by atoms with van der Waals surface area (Å²) in [5.41, 5.74) is 0. The van der Waals surface area contributed by atoms with Gasteiger partial charge in [0.25, 0.3) is 0 Å². The molecule has 0 saturated heterocycles. The van der Waals surface area contributed by atoms with Gasteiger partial charge in [-0.2, -0.15) is 0 Å². The van der Waals surface area contributed by atoms with Crippen molar-refractivity contribution in [2.75, 3.05) is 13.2 Å². The number of carbonyl (C=O) groups excluding carboxylic acids is 3. The molecule has 0 aromatic rings. The number of rotatable bonds is 59. The zero-order chi connectivity index (χ0) is 55.0. The Morgan fingerprint density at radius 2 is 0.539 bits per heavy atom. The van der Waals surface area contributed by atoms with Gasteiger partial charge in [0.2, 0.25) is 0 Å². The molecule has 0 bridgehead atoms. The van der Waals surface area contributed by atoms with Crippen molar-refractivity contribution in [2.45, 2.75) is 329 Å². The predicted molar refractivity (Wildman–Crippen MR) is 330 cm³/mol. The lowest BCUT2D eigenvalue weighted by molar-refractivity contribution is -0.167. The lowest BCUT2D eigenvalue weighted by Gasteiger charge is -2.18. The summed E-state index contributed by atoms with van der Waals surface area (Å²) in [5.74, 6) is -0.892. The Balaban J connectivity index is 4.22. The highest BCUT2D eigenvalue weighted by Gasteiger charge is 2.19. The first-order chi connectivity index (χ1) is 37.5. The summed E-state index contributed by atoms with van der Waals surface area (Å²) in [6.07, 6.45) is 84.6. The molecule has 0 saturated carbocycles. The van der Waals surface area contributed by atoms with Crippen molar-refractivity contribution in [1.29, 1.82) is 0 Å². The van der Waals surface area contributed by atoms with Crippen LogP contribution in [0.5, 0.6) is 0 Å². The first-order valence-electron chi connectivity index (χ1n) is 32.6. The Morgan fingerprint density at radius 3 is 0.868 bits per heavy atom. The van der Waals surface area contributed by atoms with Gasteiger partial charge in [0.1, 0.15) is 13.2 Å². The van der Waals surface area contributed by atoms with E-state index >= 15 is 0 Å². The zero-order valence-electron chi connectivity index (χ0n) is 50.3. The molecule has 0 spiro atoms. The average molecular weight is 1060 g/mol. The molecule has 6 nitrogen and oxygen atoms in total. The van der Waals surface area contributed by atoms with Crippen molar-refractivity contribution in [3.8, 4) is 0 Å². The summed E-state index contributed by atoms with van der Waals surface area (Å²) in [5, 5.41) is 0. The fourth-order valence-corrected chi connectivity index (χ4v) is 9.23. The quantitative estimate of drug-likeness (QED) is 0.0261. The summed E-state index contributed by atoms with van der Waals surface area (Å²) in [7, 11) is 0. The topological polar surface area (TPSA) is 78.9 Å². The third kappa shape index (κ3) is 61.4. The SMILES string of the molecule is CC/C=C\C/C=C\C/C=C\C/C=C\CCCCCCCCCCCCCCCCCCC(=O)OCC(COC(=O)CCCCCCC/C=C\C/C=C\CCC)OC(=O)CCCCCCC/C=C\CCCCCCCCC. The van der Waals surface area contributed by atoms with E-state index < -0.39 is 6.10 Å². The first-order valence-corrected chi connectivity index (χ1v) is 32.6. The van der Waals surface area contributed by atoms with Gasteiger partial charge in [0, 0.05) is 19.3 Å². The monoisotopic (exact) mass is 1060 g/mol. The van der Waals surface area contributed by atoms with Gasteiger partial charge in [-0.15, -0.1) is 0 Å². The van der Waals surface area contributed by atoms with Crippen LogP contribution in [0.4, 0.5) is 0 Å². The maximum absolute atomic E-state index is 12.9. The van der Waals surface area contributed by atoms with Crippen LogP contribution in [0.1, 0.15) is 323 Å². The number of ether oxygens (including phenoxy) is 3. The molecular formula is C70H122O6. The minimum absolute atomic E-state index is 0.0818. The highest BCUT2D eigenvalue weighted by atomic mass is 16.6. The summed E-state index contributed by atoms with van der Waals surface area (Å²) in [6, 6.07) is 0. The summed E-state index contributed by atoms with van der Waals surface area (Å²) >= 11 is 0. The number of hydrogen-bond donors (Lipinski definition) is 0. The molecule has 0 radical (unpaired) electrons. The van der Waals surface area contributed by atoms with Crippen LogP contribution in [0.2, 0.25) is 0 Å². The molecule has 0 aromatic carbocycles. The minimum Gasteiger partial charge on any atom is -0.462 e. The number of hydrogen-bond acceptors (Lipinski definition) is 6. The molecule has 0 amide bonds. The van der Waals surface area contributed by atoms with Crippen molar-refractivity contribution < 1.29 is 28.6 Å². The van der Waals surface area contributed by atoms with Crippen molar-refractivity contribution >= 4 is 17.9 Å². The van der Waals surface area contributed by atoms with E-state index in [1.807, 2.05) is 0 Å². The molecular weight excluding hydrogens is 937 g/mol. The molecule has 0 aromatic heterocycles. The van der Waals surface area contributed by atoms with E-state index in [-0.39, 0.29) is 31.1 Å². The van der Waals surface area contributed by atoms with Gasteiger partial charge < -0.3 is 14.2 Å². The van der Waals surface area contributed by atoms with Crippen LogP contribution in [0, 0.1) is 0 Å². The molecule has 0 heterocycles. The Hall–Kier alpha value is -3.41. The van der Waals surface area contributed by atoms with Gasteiger partial charge in [-0.1, -0.05) is 279 Å². The number of allylic oxidation sites excluding steroid dienone is 14. The molecule has 0 rings (SSSR count). The Bertz CT molecular complexity index is 1450. The maximum atomic E-state index is 12.9. The predicted octanol–water partition coefficient (Wildman–Crippen LogP) is 22.3. The van der Waals surface area contributed by atoms with Gasteiger partial charge >= 0.3 is 17.9 Å².